The molecule has 2 aromatic rings. The lowest BCUT2D eigenvalue weighted by Crippen LogP contribution is -2.48. The molecule has 2 amide bonds. The maximum Gasteiger partial charge on any atom is 0.261 e. The quantitative estimate of drug-likeness (QED) is 0.759. The number of piperidine rings is 1. The number of rotatable bonds is 5. The Morgan fingerprint density at radius 3 is 2.42 bits per heavy atom. The van der Waals surface area contributed by atoms with Crippen LogP contribution in [0.4, 0.5) is 0 Å². The summed E-state index contributed by atoms with van der Waals surface area (Å²) in [5.41, 5.74) is 1.65. The van der Waals surface area contributed by atoms with Crippen LogP contribution in [0.25, 0.3) is 0 Å². The monoisotopic (exact) mass is 369 g/mol. The first-order valence-corrected chi connectivity index (χ1v) is 10.0. The molecule has 3 heterocycles. The lowest BCUT2D eigenvalue weighted by molar-refractivity contribution is 0.0921. The van der Waals surface area contributed by atoms with Gasteiger partial charge >= 0.3 is 0 Å². The average molecular weight is 369 g/mol. The SMILES string of the molecule is O=C(NC1CC2CCC(C1)N2)c1ccc(CNC(=O)c2cccs2)cc1. The van der Waals surface area contributed by atoms with Crippen LogP contribution >= 0.6 is 11.3 Å². The minimum atomic E-state index is -0.0673. The number of carbonyl (C=O) groups excluding carboxylic acids is 2. The molecule has 2 fully saturated rings. The first-order chi connectivity index (χ1) is 12.7. The van der Waals surface area contributed by atoms with Gasteiger partial charge in [-0.25, -0.2) is 0 Å². The molecule has 1 aromatic heterocycles. The van der Waals surface area contributed by atoms with Crippen molar-refractivity contribution in [3.8, 4) is 0 Å². The van der Waals surface area contributed by atoms with E-state index in [0.29, 0.717) is 29.1 Å². The van der Waals surface area contributed by atoms with Gasteiger partial charge in [-0.3, -0.25) is 9.59 Å². The standard InChI is InChI=1S/C20H23N3O2S/c24-19(23-17-10-15-7-8-16(11-17)22-15)14-5-3-13(4-6-14)12-21-20(25)18-2-1-9-26-18/h1-6,9,15-17,22H,7-8,10-12H2,(H,21,25)(H,23,24). The highest BCUT2D eigenvalue weighted by molar-refractivity contribution is 7.12. The number of thiophene rings is 1. The van der Waals surface area contributed by atoms with E-state index < -0.39 is 0 Å². The van der Waals surface area contributed by atoms with Gasteiger partial charge in [-0.2, -0.15) is 0 Å². The molecule has 0 spiro atoms. The van der Waals surface area contributed by atoms with Gasteiger partial charge < -0.3 is 16.0 Å². The molecule has 2 atom stereocenters. The Morgan fingerprint density at radius 2 is 1.77 bits per heavy atom. The van der Waals surface area contributed by atoms with Crippen molar-refractivity contribution in [2.24, 2.45) is 0 Å². The summed E-state index contributed by atoms with van der Waals surface area (Å²) in [6.07, 6.45) is 4.50. The third-order valence-electron chi connectivity index (χ3n) is 5.22. The van der Waals surface area contributed by atoms with Crippen LogP contribution in [-0.2, 0) is 6.54 Å². The summed E-state index contributed by atoms with van der Waals surface area (Å²) in [4.78, 5) is 25.1. The number of hydrogen-bond acceptors (Lipinski definition) is 4. The van der Waals surface area contributed by atoms with Crippen LogP contribution in [0.2, 0.25) is 0 Å². The van der Waals surface area contributed by atoms with Gasteiger partial charge in [0.15, 0.2) is 0 Å². The molecule has 136 valence electrons. The molecule has 2 aliphatic heterocycles. The summed E-state index contributed by atoms with van der Waals surface area (Å²) < 4.78 is 0. The zero-order chi connectivity index (χ0) is 17.9. The number of carbonyl (C=O) groups is 2. The summed E-state index contributed by atoms with van der Waals surface area (Å²) in [5.74, 6) is -0.0761. The molecule has 0 saturated carbocycles. The lowest BCUT2D eigenvalue weighted by atomic mass is 9.99. The minimum absolute atomic E-state index is 0.00882. The second kappa shape index (κ2) is 7.60. The molecule has 5 nitrogen and oxygen atoms in total. The Morgan fingerprint density at radius 1 is 1.04 bits per heavy atom. The molecule has 0 aliphatic carbocycles. The van der Waals surface area contributed by atoms with Crippen LogP contribution < -0.4 is 16.0 Å². The number of benzene rings is 1. The number of fused-ring (bicyclic) bond motifs is 2. The normalized spacial score (nSPS) is 24.2. The van der Waals surface area contributed by atoms with E-state index in [4.69, 9.17) is 0 Å². The molecule has 6 heteroatoms. The van der Waals surface area contributed by atoms with Crippen LogP contribution in [-0.4, -0.2) is 29.9 Å². The summed E-state index contributed by atoms with van der Waals surface area (Å²) in [6, 6.07) is 12.5. The molecular formula is C20H23N3O2S. The van der Waals surface area contributed by atoms with Crippen molar-refractivity contribution in [3.63, 3.8) is 0 Å². The largest absolute Gasteiger partial charge is 0.349 e. The van der Waals surface area contributed by atoms with Gasteiger partial charge in [-0.05, 0) is 54.8 Å². The fourth-order valence-corrected chi connectivity index (χ4v) is 4.54. The van der Waals surface area contributed by atoms with Crippen molar-refractivity contribution >= 4 is 23.2 Å². The highest BCUT2D eigenvalue weighted by Gasteiger charge is 2.34. The maximum atomic E-state index is 12.5. The van der Waals surface area contributed by atoms with E-state index in [1.807, 2.05) is 35.7 Å². The highest BCUT2D eigenvalue weighted by Crippen LogP contribution is 2.26. The van der Waals surface area contributed by atoms with Gasteiger partial charge in [0, 0.05) is 30.2 Å². The van der Waals surface area contributed by atoms with Crippen LogP contribution in [0.3, 0.4) is 0 Å². The zero-order valence-electron chi connectivity index (χ0n) is 14.5. The predicted octanol–water partition coefficient (Wildman–Crippen LogP) is 2.69. The lowest BCUT2D eigenvalue weighted by Gasteiger charge is -2.29. The van der Waals surface area contributed by atoms with Gasteiger partial charge in [0.05, 0.1) is 4.88 Å². The Labute approximate surface area is 157 Å². The maximum absolute atomic E-state index is 12.5. The van der Waals surface area contributed by atoms with Gasteiger partial charge in [0.2, 0.25) is 0 Å². The molecule has 2 aliphatic rings. The molecule has 2 saturated heterocycles. The second-order valence-corrected chi connectivity index (χ2v) is 8.08. The molecular weight excluding hydrogens is 346 g/mol. The van der Waals surface area contributed by atoms with E-state index in [1.165, 1.54) is 24.2 Å². The van der Waals surface area contributed by atoms with E-state index in [2.05, 4.69) is 16.0 Å². The Bertz CT molecular complexity index is 761. The Kier molecular flexibility index (Phi) is 5.04. The number of amides is 2. The first kappa shape index (κ1) is 17.2. The van der Waals surface area contributed by atoms with E-state index in [9.17, 15) is 9.59 Å². The second-order valence-electron chi connectivity index (χ2n) is 7.14. The first-order valence-electron chi connectivity index (χ1n) is 9.15. The molecule has 0 radical (unpaired) electrons. The van der Waals surface area contributed by atoms with E-state index >= 15 is 0 Å². The summed E-state index contributed by atoms with van der Waals surface area (Å²) in [7, 11) is 0. The van der Waals surface area contributed by atoms with E-state index in [0.717, 1.165) is 18.4 Å². The highest BCUT2D eigenvalue weighted by atomic mass is 32.1. The van der Waals surface area contributed by atoms with Crippen molar-refractivity contribution in [1.29, 1.82) is 0 Å². The predicted molar refractivity (Wildman–Crippen MR) is 102 cm³/mol. The fourth-order valence-electron chi connectivity index (χ4n) is 3.90. The molecule has 2 unspecified atom stereocenters. The third kappa shape index (κ3) is 3.97. The molecule has 3 N–H and O–H groups in total. The summed E-state index contributed by atoms with van der Waals surface area (Å²) >= 11 is 1.42. The van der Waals surface area contributed by atoms with Crippen molar-refractivity contribution in [3.05, 3.63) is 57.8 Å². The van der Waals surface area contributed by atoms with E-state index in [1.54, 1.807) is 6.07 Å². The third-order valence-corrected chi connectivity index (χ3v) is 6.09. The van der Waals surface area contributed by atoms with Gasteiger partial charge in [0.1, 0.15) is 0 Å². The molecule has 2 bridgehead atoms. The fraction of sp³-hybridized carbons (Fsp3) is 0.400. The summed E-state index contributed by atoms with van der Waals surface area (Å²) in [6.45, 7) is 0.455. The van der Waals surface area contributed by atoms with Gasteiger partial charge in [0.25, 0.3) is 11.8 Å². The summed E-state index contributed by atoms with van der Waals surface area (Å²) in [5, 5.41) is 11.5. The Hall–Kier alpha value is -2.18. The topological polar surface area (TPSA) is 70.2 Å². The van der Waals surface area contributed by atoms with Crippen LogP contribution in [0.15, 0.2) is 41.8 Å². The molecule has 26 heavy (non-hydrogen) atoms. The van der Waals surface area contributed by atoms with E-state index in [-0.39, 0.29) is 17.9 Å². The van der Waals surface area contributed by atoms with Crippen LogP contribution in [0.5, 0.6) is 0 Å². The van der Waals surface area contributed by atoms with Crippen molar-refractivity contribution < 1.29 is 9.59 Å². The molecule has 4 rings (SSSR count). The smallest absolute Gasteiger partial charge is 0.261 e. The van der Waals surface area contributed by atoms with Gasteiger partial charge in [-0.15, -0.1) is 11.3 Å². The van der Waals surface area contributed by atoms with Crippen molar-refractivity contribution in [2.45, 2.75) is 50.4 Å². The molecule has 1 aromatic carbocycles. The number of nitrogens with one attached hydrogen (secondary N) is 3. The van der Waals surface area contributed by atoms with Crippen molar-refractivity contribution in [1.82, 2.24) is 16.0 Å². The zero-order valence-corrected chi connectivity index (χ0v) is 15.4. The average Bonchev–Trinajstić information content (AvgIpc) is 3.30. The van der Waals surface area contributed by atoms with Crippen molar-refractivity contribution in [2.75, 3.05) is 0 Å². The van der Waals surface area contributed by atoms with Crippen LogP contribution in [0, 0.1) is 0 Å². The number of hydrogen-bond donors (Lipinski definition) is 3. The van der Waals surface area contributed by atoms with Gasteiger partial charge in [-0.1, -0.05) is 18.2 Å². The Balaban J connectivity index is 1.29. The minimum Gasteiger partial charge on any atom is -0.349 e. The van der Waals surface area contributed by atoms with Crippen LogP contribution in [0.1, 0.15) is 51.3 Å².